The first kappa shape index (κ1) is 24.1. The summed E-state index contributed by atoms with van der Waals surface area (Å²) in [7, 11) is 0. The minimum absolute atomic E-state index is 0. The number of aromatic nitrogens is 2. The van der Waals surface area contributed by atoms with E-state index in [-0.39, 0.29) is 36.0 Å². The zero-order valence-electron chi connectivity index (χ0n) is 16.0. The number of nitrogens with zero attached hydrogens (tertiary/aromatic N) is 3. The average Bonchev–Trinajstić information content (AvgIpc) is 3.00. The van der Waals surface area contributed by atoms with Gasteiger partial charge in [-0.2, -0.15) is 4.98 Å². The molecule has 0 bridgehead atoms. The standard InChI is InChI=1S/C17H33N5O2.HI/c1-5-17(6-2,10-12-23)13-20-16(18-7-3)19-11-8-9-15-21-14(4)22-24-15;/h23H,5-13H2,1-4H3,(H2,18,19,20);1H. The molecule has 8 heteroatoms. The molecule has 3 N–H and O–H groups in total. The second-order valence-corrected chi connectivity index (χ2v) is 6.14. The predicted octanol–water partition coefficient (Wildman–Crippen LogP) is 2.67. The van der Waals surface area contributed by atoms with Gasteiger partial charge in [-0.15, -0.1) is 24.0 Å². The number of guanidine groups is 1. The maximum absolute atomic E-state index is 9.32. The first-order valence-electron chi connectivity index (χ1n) is 9.01. The Labute approximate surface area is 168 Å². The molecule has 0 saturated heterocycles. The van der Waals surface area contributed by atoms with Gasteiger partial charge in [0.25, 0.3) is 0 Å². The maximum atomic E-state index is 9.32. The zero-order valence-corrected chi connectivity index (χ0v) is 18.3. The van der Waals surface area contributed by atoms with E-state index in [2.05, 4.69) is 41.5 Å². The van der Waals surface area contributed by atoms with Crippen LogP contribution >= 0.6 is 24.0 Å². The zero-order chi connectivity index (χ0) is 17.8. The number of aliphatic hydroxyl groups is 1. The molecule has 0 unspecified atom stereocenters. The van der Waals surface area contributed by atoms with Gasteiger partial charge in [0.2, 0.25) is 5.89 Å². The minimum Gasteiger partial charge on any atom is -0.396 e. The van der Waals surface area contributed by atoms with E-state index in [9.17, 15) is 5.11 Å². The molecule has 7 nitrogen and oxygen atoms in total. The lowest BCUT2D eigenvalue weighted by atomic mass is 9.79. The van der Waals surface area contributed by atoms with Crippen molar-refractivity contribution in [2.45, 2.75) is 59.8 Å². The van der Waals surface area contributed by atoms with Gasteiger partial charge in [0.15, 0.2) is 11.8 Å². The molecule has 1 aromatic heterocycles. The smallest absolute Gasteiger partial charge is 0.226 e. The van der Waals surface area contributed by atoms with Gasteiger partial charge in [-0.25, -0.2) is 0 Å². The van der Waals surface area contributed by atoms with E-state index in [0.717, 1.165) is 57.7 Å². The molecule has 0 fully saturated rings. The summed E-state index contributed by atoms with van der Waals surface area (Å²) < 4.78 is 5.11. The van der Waals surface area contributed by atoms with Crippen LogP contribution in [-0.2, 0) is 6.42 Å². The Morgan fingerprint density at radius 3 is 2.48 bits per heavy atom. The molecule has 1 aromatic rings. The summed E-state index contributed by atoms with van der Waals surface area (Å²) in [5.41, 5.74) is 0.0817. The SMILES string of the molecule is CCNC(=NCC(CC)(CC)CCO)NCCCc1nc(C)no1.I. The normalized spacial score (nSPS) is 12.0. The fraction of sp³-hybridized carbons (Fsp3) is 0.824. The van der Waals surface area contributed by atoms with E-state index in [1.54, 1.807) is 0 Å². The van der Waals surface area contributed by atoms with Gasteiger partial charge < -0.3 is 20.3 Å². The van der Waals surface area contributed by atoms with Gasteiger partial charge >= 0.3 is 0 Å². The number of hydrogen-bond acceptors (Lipinski definition) is 5. The first-order valence-corrected chi connectivity index (χ1v) is 9.01. The fourth-order valence-electron chi connectivity index (χ4n) is 2.62. The summed E-state index contributed by atoms with van der Waals surface area (Å²) in [5, 5.41) is 19.7. The number of hydrogen-bond donors (Lipinski definition) is 3. The summed E-state index contributed by atoms with van der Waals surface area (Å²) in [4.78, 5) is 8.93. The number of aryl methyl sites for hydroxylation is 2. The van der Waals surface area contributed by atoms with Crippen molar-refractivity contribution >= 4 is 29.9 Å². The monoisotopic (exact) mass is 467 g/mol. The number of halogens is 1. The molecule has 25 heavy (non-hydrogen) atoms. The highest BCUT2D eigenvalue weighted by atomic mass is 127. The van der Waals surface area contributed by atoms with Crippen LogP contribution in [0.15, 0.2) is 9.52 Å². The second kappa shape index (κ2) is 13.3. The third-order valence-corrected chi connectivity index (χ3v) is 4.49. The molecule has 0 aliphatic rings. The van der Waals surface area contributed by atoms with Crippen molar-refractivity contribution in [3.05, 3.63) is 11.7 Å². The number of rotatable bonds is 11. The van der Waals surface area contributed by atoms with Crippen molar-refractivity contribution < 1.29 is 9.63 Å². The molecule has 1 heterocycles. The Morgan fingerprint density at radius 2 is 1.96 bits per heavy atom. The van der Waals surface area contributed by atoms with Crippen LogP contribution in [0.2, 0.25) is 0 Å². The lowest BCUT2D eigenvalue weighted by Crippen LogP contribution is -2.39. The van der Waals surface area contributed by atoms with Crippen molar-refractivity contribution in [1.29, 1.82) is 0 Å². The van der Waals surface area contributed by atoms with Crippen LogP contribution in [-0.4, -0.2) is 47.4 Å². The van der Waals surface area contributed by atoms with Gasteiger partial charge in [-0.1, -0.05) is 19.0 Å². The molecule has 0 amide bonds. The molecule has 0 aliphatic carbocycles. The highest BCUT2D eigenvalue weighted by Crippen LogP contribution is 2.30. The van der Waals surface area contributed by atoms with E-state index in [0.29, 0.717) is 11.7 Å². The highest BCUT2D eigenvalue weighted by Gasteiger charge is 2.25. The number of aliphatic imine (C=N–C) groups is 1. The van der Waals surface area contributed by atoms with E-state index in [1.807, 2.05) is 6.92 Å². The predicted molar refractivity (Wildman–Crippen MR) is 111 cm³/mol. The third kappa shape index (κ3) is 8.84. The van der Waals surface area contributed by atoms with Crippen molar-refractivity contribution in [3.8, 4) is 0 Å². The van der Waals surface area contributed by atoms with Crippen LogP contribution in [0.3, 0.4) is 0 Å². The van der Waals surface area contributed by atoms with Gasteiger partial charge in [-0.3, -0.25) is 4.99 Å². The Bertz CT molecular complexity index is 489. The van der Waals surface area contributed by atoms with Gasteiger partial charge in [0, 0.05) is 32.7 Å². The maximum Gasteiger partial charge on any atom is 0.226 e. The summed E-state index contributed by atoms with van der Waals surface area (Å²) in [5.74, 6) is 2.17. The summed E-state index contributed by atoms with van der Waals surface area (Å²) >= 11 is 0. The van der Waals surface area contributed by atoms with E-state index < -0.39 is 0 Å². The van der Waals surface area contributed by atoms with Crippen LogP contribution < -0.4 is 10.6 Å². The quantitative estimate of drug-likeness (QED) is 0.201. The van der Waals surface area contributed by atoms with Crippen molar-refractivity contribution in [3.63, 3.8) is 0 Å². The fourth-order valence-corrected chi connectivity index (χ4v) is 2.62. The lowest BCUT2D eigenvalue weighted by Gasteiger charge is -2.29. The third-order valence-electron chi connectivity index (χ3n) is 4.49. The summed E-state index contributed by atoms with van der Waals surface area (Å²) in [6.45, 7) is 10.8. The van der Waals surface area contributed by atoms with Gasteiger partial charge in [-0.05, 0) is 44.9 Å². The topological polar surface area (TPSA) is 95.6 Å². The Kier molecular flexibility index (Phi) is 12.8. The molecule has 0 spiro atoms. The molecule has 0 radical (unpaired) electrons. The largest absolute Gasteiger partial charge is 0.396 e. The molecule has 0 saturated carbocycles. The molecular weight excluding hydrogens is 433 g/mol. The van der Waals surface area contributed by atoms with Crippen LogP contribution in [0.25, 0.3) is 0 Å². The first-order chi connectivity index (χ1) is 11.6. The van der Waals surface area contributed by atoms with E-state index in [4.69, 9.17) is 9.52 Å². The number of aliphatic hydroxyl groups excluding tert-OH is 1. The lowest BCUT2D eigenvalue weighted by molar-refractivity contribution is 0.175. The van der Waals surface area contributed by atoms with Gasteiger partial charge in [0.1, 0.15) is 0 Å². The van der Waals surface area contributed by atoms with Crippen molar-refractivity contribution in [2.24, 2.45) is 10.4 Å². The average molecular weight is 467 g/mol. The number of nitrogens with one attached hydrogen (secondary N) is 2. The Morgan fingerprint density at radius 1 is 1.24 bits per heavy atom. The molecule has 146 valence electrons. The minimum atomic E-state index is 0. The van der Waals surface area contributed by atoms with E-state index in [1.165, 1.54) is 0 Å². The van der Waals surface area contributed by atoms with Crippen LogP contribution in [0.5, 0.6) is 0 Å². The highest BCUT2D eigenvalue weighted by molar-refractivity contribution is 14.0. The molecule has 1 rings (SSSR count). The molecular formula is C17H34IN5O2. The molecule has 0 aromatic carbocycles. The Balaban J connectivity index is 0.00000576. The van der Waals surface area contributed by atoms with Crippen molar-refractivity contribution in [1.82, 2.24) is 20.8 Å². The van der Waals surface area contributed by atoms with Crippen molar-refractivity contribution in [2.75, 3.05) is 26.2 Å². The van der Waals surface area contributed by atoms with E-state index >= 15 is 0 Å². The van der Waals surface area contributed by atoms with Crippen LogP contribution in [0, 0.1) is 12.3 Å². The van der Waals surface area contributed by atoms with Crippen LogP contribution in [0.4, 0.5) is 0 Å². The Hall–Kier alpha value is -0.900. The molecule has 0 aliphatic heterocycles. The summed E-state index contributed by atoms with van der Waals surface area (Å²) in [6, 6.07) is 0. The van der Waals surface area contributed by atoms with Gasteiger partial charge in [0.05, 0.1) is 0 Å². The summed E-state index contributed by atoms with van der Waals surface area (Å²) in [6.07, 6.45) is 4.48. The molecule has 0 atom stereocenters. The van der Waals surface area contributed by atoms with Crippen LogP contribution in [0.1, 0.15) is 58.2 Å². The second-order valence-electron chi connectivity index (χ2n) is 6.14.